The van der Waals surface area contributed by atoms with Gasteiger partial charge in [-0.2, -0.15) is 0 Å². The van der Waals surface area contributed by atoms with Gasteiger partial charge in [0.25, 0.3) is 0 Å². The molecule has 0 fully saturated rings. The molecule has 1 atom stereocenters. The second kappa shape index (κ2) is 5.58. The molecule has 0 aliphatic rings. The van der Waals surface area contributed by atoms with E-state index >= 15 is 0 Å². The summed E-state index contributed by atoms with van der Waals surface area (Å²) in [6.45, 7) is 8.09. The normalized spacial score (nSPS) is 13.8. The van der Waals surface area contributed by atoms with Gasteiger partial charge in [-0.3, -0.25) is 0 Å². The van der Waals surface area contributed by atoms with Crippen molar-refractivity contribution in [3.63, 3.8) is 0 Å². The van der Waals surface area contributed by atoms with Crippen LogP contribution in [0.1, 0.15) is 39.4 Å². The molecule has 0 spiro atoms. The Morgan fingerprint density at radius 3 is 1.88 bits per heavy atom. The van der Waals surface area contributed by atoms with Gasteiger partial charge in [0, 0.05) is 0 Å². The third-order valence-electron chi connectivity index (χ3n) is 3.19. The Balaban J connectivity index is 3.01. The van der Waals surface area contributed by atoms with Crippen LogP contribution in [0.3, 0.4) is 0 Å². The van der Waals surface area contributed by atoms with E-state index in [1.54, 1.807) is 0 Å². The molecule has 0 radical (unpaired) electrons. The van der Waals surface area contributed by atoms with Gasteiger partial charge < -0.3 is 5.11 Å². The SMILES string of the molecule is CC(C)C(C(C)C)C(O)c1ccc(F)c(F)c1. The summed E-state index contributed by atoms with van der Waals surface area (Å²) in [6.07, 6.45) is -0.759. The fraction of sp³-hybridized carbons (Fsp3) is 0.571. The number of halogens is 2. The van der Waals surface area contributed by atoms with Crippen LogP contribution >= 0.6 is 0 Å². The Bertz CT molecular complexity index is 366. The molecule has 3 heteroatoms. The molecule has 0 aliphatic carbocycles. The van der Waals surface area contributed by atoms with Gasteiger partial charge in [0.2, 0.25) is 0 Å². The zero-order valence-corrected chi connectivity index (χ0v) is 10.7. The average molecular weight is 242 g/mol. The van der Waals surface area contributed by atoms with Crippen LogP contribution in [0.2, 0.25) is 0 Å². The summed E-state index contributed by atoms with van der Waals surface area (Å²) in [4.78, 5) is 0. The lowest BCUT2D eigenvalue weighted by atomic mass is 9.79. The van der Waals surface area contributed by atoms with Crippen molar-refractivity contribution in [3.8, 4) is 0 Å². The van der Waals surface area contributed by atoms with Gasteiger partial charge in [0.15, 0.2) is 11.6 Å². The van der Waals surface area contributed by atoms with Crippen LogP contribution < -0.4 is 0 Å². The van der Waals surface area contributed by atoms with Crippen molar-refractivity contribution in [2.45, 2.75) is 33.8 Å². The van der Waals surface area contributed by atoms with Gasteiger partial charge in [-0.15, -0.1) is 0 Å². The minimum Gasteiger partial charge on any atom is -0.388 e. The van der Waals surface area contributed by atoms with Crippen molar-refractivity contribution in [1.82, 2.24) is 0 Å². The Morgan fingerprint density at radius 2 is 1.47 bits per heavy atom. The van der Waals surface area contributed by atoms with Crippen LogP contribution in [0.4, 0.5) is 8.78 Å². The summed E-state index contributed by atoms with van der Waals surface area (Å²) in [7, 11) is 0. The molecule has 1 unspecified atom stereocenters. The highest BCUT2D eigenvalue weighted by molar-refractivity contribution is 5.20. The van der Waals surface area contributed by atoms with E-state index in [9.17, 15) is 13.9 Å². The van der Waals surface area contributed by atoms with Crippen molar-refractivity contribution in [2.24, 2.45) is 17.8 Å². The van der Waals surface area contributed by atoms with Crippen LogP contribution in [-0.2, 0) is 0 Å². The van der Waals surface area contributed by atoms with Gasteiger partial charge in [-0.1, -0.05) is 33.8 Å². The van der Waals surface area contributed by atoms with E-state index in [4.69, 9.17) is 0 Å². The molecule has 0 aromatic heterocycles. The highest BCUT2D eigenvalue weighted by Crippen LogP contribution is 2.34. The summed E-state index contributed by atoms with van der Waals surface area (Å²) in [5, 5.41) is 10.2. The van der Waals surface area contributed by atoms with E-state index in [1.165, 1.54) is 6.07 Å². The second-order valence-corrected chi connectivity index (χ2v) is 5.18. The van der Waals surface area contributed by atoms with E-state index in [1.807, 2.05) is 27.7 Å². The quantitative estimate of drug-likeness (QED) is 0.848. The maximum atomic E-state index is 13.1. The Kier molecular flexibility index (Phi) is 4.63. The maximum absolute atomic E-state index is 13.1. The lowest BCUT2D eigenvalue weighted by Crippen LogP contribution is -2.23. The Hall–Kier alpha value is -0.960. The first-order valence-corrected chi connectivity index (χ1v) is 5.97. The molecule has 0 heterocycles. The number of rotatable bonds is 4. The minimum atomic E-state index is -0.909. The fourth-order valence-corrected chi connectivity index (χ4v) is 2.42. The summed E-state index contributed by atoms with van der Waals surface area (Å²) in [5.74, 6) is -1.21. The molecule has 1 aromatic rings. The topological polar surface area (TPSA) is 20.2 Å². The number of aliphatic hydroxyl groups excluding tert-OH is 1. The summed E-state index contributed by atoms with van der Waals surface area (Å²) < 4.78 is 25.9. The minimum absolute atomic E-state index is 0.0276. The Morgan fingerprint density at radius 1 is 0.941 bits per heavy atom. The molecule has 1 aromatic carbocycles. The van der Waals surface area contributed by atoms with Crippen LogP contribution in [0.25, 0.3) is 0 Å². The first-order valence-electron chi connectivity index (χ1n) is 5.97. The molecule has 1 rings (SSSR count). The van der Waals surface area contributed by atoms with E-state index in [2.05, 4.69) is 0 Å². The smallest absolute Gasteiger partial charge is 0.159 e. The summed E-state index contributed by atoms with van der Waals surface area (Å²) >= 11 is 0. The first kappa shape index (κ1) is 14.1. The van der Waals surface area contributed by atoms with Crippen LogP contribution in [0.15, 0.2) is 18.2 Å². The van der Waals surface area contributed by atoms with Gasteiger partial charge >= 0.3 is 0 Å². The first-order chi connectivity index (χ1) is 7.84. The van der Waals surface area contributed by atoms with Crippen LogP contribution in [-0.4, -0.2) is 5.11 Å². The number of benzene rings is 1. The van der Waals surface area contributed by atoms with E-state index in [0.717, 1.165) is 12.1 Å². The molecule has 1 nitrogen and oxygen atoms in total. The number of hydrogen-bond donors (Lipinski definition) is 1. The second-order valence-electron chi connectivity index (χ2n) is 5.18. The standard InChI is InChI=1S/C14H20F2O/c1-8(2)13(9(3)4)14(17)10-5-6-11(15)12(16)7-10/h5-9,13-14,17H,1-4H3. The highest BCUT2D eigenvalue weighted by atomic mass is 19.2. The predicted molar refractivity (Wildman–Crippen MR) is 64.5 cm³/mol. The zero-order chi connectivity index (χ0) is 13.2. The molecule has 96 valence electrons. The third kappa shape index (κ3) is 3.25. The highest BCUT2D eigenvalue weighted by Gasteiger charge is 2.27. The monoisotopic (exact) mass is 242 g/mol. The Labute approximate surface area is 101 Å². The number of hydrogen-bond acceptors (Lipinski definition) is 1. The molecule has 0 aliphatic heterocycles. The summed E-state index contributed by atoms with van der Waals surface area (Å²) in [6, 6.07) is 3.59. The van der Waals surface area contributed by atoms with Crippen molar-refractivity contribution >= 4 is 0 Å². The van der Waals surface area contributed by atoms with E-state index in [0.29, 0.717) is 5.56 Å². The van der Waals surface area contributed by atoms with Crippen molar-refractivity contribution in [2.75, 3.05) is 0 Å². The lowest BCUT2D eigenvalue weighted by Gasteiger charge is -2.30. The fourth-order valence-electron chi connectivity index (χ4n) is 2.42. The van der Waals surface area contributed by atoms with Crippen molar-refractivity contribution in [1.29, 1.82) is 0 Å². The van der Waals surface area contributed by atoms with Crippen LogP contribution in [0.5, 0.6) is 0 Å². The van der Waals surface area contributed by atoms with Gasteiger partial charge in [-0.05, 0) is 35.4 Å². The van der Waals surface area contributed by atoms with Gasteiger partial charge in [0.1, 0.15) is 0 Å². The molecular formula is C14H20F2O. The van der Waals surface area contributed by atoms with Gasteiger partial charge in [0.05, 0.1) is 6.10 Å². The van der Waals surface area contributed by atoms with E-state index in [-0.39, 0.29) is 17.8 Å². The van der Waals surface area contributed by atoms with Crippen LogP contribution in [0, 0.1) is 29.4 Å². The molecule has 0 saturated carbocycles. The average Bonchev–Trinajstić information content (AvgIpc) is 2.20. The molecule has 0 amide bonds. The molecule has 0 saturated heterocycles. The summed E-state index contributed by atoms with van der Waals surface area (Å²) in [5.41, 5.74) is 0.441. The van der Waals surface area contributed by atoms with E-state index < -0.39 is 17.7 Å². The maximum Gasteiger partial charge on any atom is 0.159 e. The predicted octanol–water partition coefficient (Wildman–Crippen LogP) is 3.93. The third-order valence-corrected chi connectivity index (χ3v) is 3.19. The van der Waals surface area contributed by atoms with Crippen molar-refractivity contribution < 1.29 is 13.9 Å². The van der Waals surface area contributed by atoms with Gasteiger partial charge in [-0.25, -0.2) is 8.78 Å². The van der Waals surface area contributed by atoms with Crippen molar-refractivity contribution in [3.05, 3.63) is 35.4 Å². The number of aliphatic hydroxyl groups is 1. The lowest BCUT2D eigenvalue weighted by molar-refractivity contribution is 0.0521. The molecule has 1 N–H and O–H groups in total. The largest absolute Gasteiger partial charge is 0.388 e. The molecule has 17 heavy (non-hydrogen) atoms. The molecular weight excluding hydrogens is 222 g/mol. The zero-order valence-electron chi connectivity index (χ0n) is 10.7. The molecule has 0 bridgehead atoms.